The summed E-state index contributed by atoms with van der Waals surface area (Å²) in [5.74, 6) is -0.766. The lowest BCUT2D eigenvalue weighted by Gasteiger charge is -2.28. The zero-order valence-corrected chi connectivity index (χ0v) is 16.0. The minimum atomic E-state index is -0.887. The average molecular weight is 367 g/mol. The number of ketones is 1. The fourth-order valence-corrected chi connectivity index (χ4v) is 3.50. The van der Waals surface area contributed by atoms with Gasteiger partial charge in [-0.15, -0.1) is 6.58 Å². The Bertz CT molecular complexity index is 595. The van der Waals surface area contributed by atoms with Crippen molar-refractivity contribution in [3.8, 4) is 0 Å². The molecule has 1 saturated heterocycles. The van der Waals surface area contributed by atoms with Gasteiger partial charge in [0.25, 0.3) is 0 Å². The average Bonchev–Trinajstić information content (AvgIpc) is 3.09. The molecule has 0 aromatic carbocycles. The molecule has 4 atom stereocenters. The van der Waals surface area contributed by atoms with Crippen molar-refractivity contribution < 1.29 is 29.0 Å². The molecule has 0 aromatic rings. The Kier molecular flexibility index (Phi) is 5.80. The van der Waals surface area contributed by atoms with Crippen molar-refractivity contribution >= 4 is 17.8 Å². The van der Waals surface area contributed by atoms with Gasteiger partial charge in [0.15, 0.2) is 5.78 Å². The number of amides is 1. The SMILES string of the molecule is C=C[C@@H]1C[C@]1(CC(=O)[C@@H]1C[C@H](O)CN1C(=O)OC(C)(C)C)C(=O)OCC. The fourth-order valence-electron chi connectivity index (χ4n) is 3.50. The van der Waals surface area contributed by atoms with E-state index < -0.39 is 35.2 Å². The molecular formula is C19H29NO6. The minimum absolute atomic E-state index is 0.0286. The largest absolute Gasteiger partial charge is 0.466 e. The Morgan fingerprint density at radius 2 is 2.00 bits per heavy atom. The van der Waals surface area contributed by atoms with E-state index in [4.69, 9.17) is 9.47 Å². The van der Waals surface area contributed by atoms with Crippen molar-refractivity contribution in [2.75, 3.05) is 13.2 Å². The number of rotatable bonds is 6. The number of hydrogen-bond acceptors (Lipinski definition) is 6. The molecule has 1 heterocycles. The molecule has 7 nitrogen and oxygen atoms in total. The van der Waals surface area contributed by atoms with E-state index in [0.29, 0.717) is 6.42 Å². The molecular weight excluding hydrogens is 338 g/mol. The van der Waals surface area contributed by atoms with Crippen LogP contribution in [0.25, 0.3) is 0 Å². The highest BCUT2D eigenvalue weighted by Crippen LogP contribution is 2.57. The molecule has 0 aromatic heterocycles. The van der Waals surface area contributed by atoms with E-state index in [1.165, 1.54) is 4.90 Å². The molecule has 2 fully saturated rings. The summed E-state index contributed by atoms with van der Waals surface area (Å²) in [6, 6.07) is -0.794. The molecule has 1 amide bonds. The fraction of sp³-hybridized carbons (Fsp3) is 0.737. The lowest BCUT2D eigenvalue weighted by molar-refractivity contribution is -0.152. The highest BCUT2D eigenvalue weighted by molar-refractivity contribution is 5.94. The van der Waals surface area contributed by atoms with Gasteiger partial charge in [0.2, 0.25) is 0 Å². The summed E-state index contributed by atoms with van der Waals surface area (Å²) in [6.45, 7) is 10.9. The van der Waals surface area contributed by atoms with Gasteiger partial charge in [0.1, 0.15) is 5.60 Å². The van der Waals surface area contributed by atoms with Gasteiger partial charge < -0.3 is 14.6 Å². The standard InChI is InChI=1S/C19H29NO6/c1-6-12-9-19(12,16(23)25-7-2)10-15(22)14-8-13(21)11-20(14)17(24)26-18(3,4)5/h6,12-14,21H,1,7-11H2,2-5H3/t12-,13+,14+,19-/m1/s1. The van der Waals surface area contributed by atoms with Crippen LogP contribution in [0.5, 0.6) is 0 Å². The van der Waals surface area contributed by atoms with Gasteiger partial charge in [0, 0.05) is 12.8 Å². The number of aliphatic hydroxyl groups excluding tert-OH is 1. The molecule has 1 N–H and O–H groups in total. The number of aliphatic hydroxyl groups is 1. The molecule has 0 radical (unpaired) electrons. The van der Waals surface area contributed by atoms with Crippen molar-refractivity contribution in [2.24, 2.45) is 11.3 Å². The summed E-state index contributed by atoms with van der Waals surface area (Å²) < 4.78 is 10.5. The first-order valence-corrected chi connectivity index (χ1v) is 9.04. The quantitative estimate of drug-likeness (QED) is 0.571. The summed E-state index contributed by atoms with van der Waals surface area (Å²) in [6.07, 6.45) is 0.884. The molecule has 2 rings (SSSR count). The highest BCUT2D eigenvalue weighted by atomic mass is 16.6. The zero-order valence-electron chi connectivity index (χ0n) is 16.0. The molecule has 1 aliphatic heterocycles. The van der Waals surface area contributed by atoms with Gasteiger partial charge in [-0.05, 0) is 40.0 Å². The monoisotopic (exact) mass is 367 g/mol. The third-order valence-electron chi connectivity index (χ3n) is 4.87. The molecule has 0 spiro atoms. The van der Waals surface area contributed by atoms with Gasteiger partial charge >= 0.3 is 12.1 Å². The van der Waals surface area contributed by atoms with Crippen molar-refractivity contribution in [3.63, 3.8) is 0 Å². The van der Waals surface area contributed by atoms with Crippen LogP contribution in [0.4, 0.5) is 4.79 Å². The molecule has 2 aliphatic rings. The second kappa shape index (κ2) is 7.39. The summed E-state index contributed by atoms with van der Waals surface area (Å²) in [5, 5.41) is 9.96. The number of likely N-dealkylation sites (tertiary alicyclic amines) is 1. The lowest BCUT2D eigenvalue weighted by atomic mass is 9.92. The van der Waals surface area contributed by atoms with Crippen molar-refractivity contribution in [2.45, 2.75) is 64.7 Å². The van der Waals surface area contributed by atoms with E-state index in [2.05, 4.69) is 6.58 Å². The van der Waals surface area contributed by atoms with Crippen LogP contribution in [-0.4, -0.2) is 58.8 Å². The first-order valence-electron chi connectivity index (χ1n) is 9.04. The van der Waals surface area contributed by atoms with Gasteiger partial charge in [-0.2, -0.15) is 0 Å². The predicted octanol–water partition coefficient (Wildman–Crippen LogP) is 2.07. The molecule has 0 unspecified atom stereocenters. The minimum Gasteiger partial charge on any atom is -0.466 e. The number of carbonyl (C=O) groups is 3. The van der Waals surface area contributed by atoms with Crippen LogP contribution in [0.15, 0.2) is 12.7 Å². The van der Waals surface area contributed by atoms with E-state index in [9.17, 15) is 19.5 Å². The maximum atomic E-state index is 12.9. The van der Waals surface area contributed by atoms with Crippen molar-refractivity contribution in [1.29, 1.82) is 0 Å². The van der Waals surface area contributed by atoms with E-state index in [1.54, 1.807) is 33.8 Å². The Hall–Kier alpha value is -1.89. The number of Topliss-reactive ketones (excluding diaryl/α,β-unsaturated/α-hetero) is 1. The van der Waals surface area contributed by atoms with Crippen LogP contribution in [-0.2, 0) is 19.1 Å². The van der Waals surface area contributed by atoms with E-state index >= 15 is 0 Å². The predicted molar refractivity (Wildman–Crippen MR) is 94.3 cm³/mol. The highest BCUT2D eigenvalue weighted by Gasteiger charge is 2.61. The number of allylic oxidation sites excluding steroid dienone is 1. The Balaban J connectivity index is 2.12. The van der Waals surface area contributed by atoms with Crippen molar-refractivity contribution in [1.82, 2.24) is 4.90 Å². The molecule has 1 saturated carbocycles. The molecule has 7 heteroatoms. The number of esters is 1. The number of β-amino-alcohol motifs (C(OH)–C–C–N with tert-alkyl or cyclic N) is 1. The van der Waals surface area contributed by atoms with Crippen molar-refractivity contribution in [3.05, 3.63) is 12.7 Å². The first kappa shape index (κ1) is 20.4. The first-order chi connectivity index (χ1) is 12.0. The third-order valence-corrected chi connectivity index (χ3v) is 4.87. The molecule has 26 heavy (non-hydrogen) atoms. The lowest BCUT2D eigenvalue weighted by Crippen LogP contribution is -2.44. The molecule has 0 bridgehead atoms. The summed E-state index contributed by atoms with van der Waals surface area (Å²) in [4.78, 5) is 38.9. The van der Waals surface area contributed by atoms with Crippen LogP contribution in [0, 0.1) is 11.3 Å². The summed E-state index contributed by atoms with van der Waals surface area (Å²) in [5.41, 5.74) is -1.59. The number of ether oxygens (including phenoxy) is 2. The van der Waals surface area contributed by atoms with Crippen LogP contribution in [0.2, 0.25) is 0 Å². The van der Waals surface area contributed by atoms with Crippen LogP contribution >= 0.6 is 0 Å². The second-order valence-corrected chi connectivity index (χ2v) is 8.10. The third kappa shape index (κ3) is 4.26. The van der Waals surface area contributed by atoms with E-state index in [1.807, 2.05) is 0 Å². The molecule has 146 valence electrons. The number of hydrogen-bond donors (Lipinski definition) is 1. The topological polar surface area (TPSA) is 93.1 Å². The van der Waals surface area contributed by atoms with E-state index in [-0.39, 0.29) is 37.7 Å². The maximum Gasteiger partial charge on any atom is 0.410 e. The maximum absolute atomic E-state index is 12.9. The number of nitrogens with zero attached hydrogens (tertiary/aromatic N) is 1. The van der Waals surface area contributed by atoms with Crippen LogP contribution in [0.3, 0.4) is 0 Å². The van der Waals surface area contributed by atoms with E-state index in [0.717, 1.165) is 0 Å². The zero-order chi connectivity index (χ0) is 19.7. The van der Waals surface area contributed by atoms with Gasteiger partial charge in [-0.25, -0.2) is 4.79 Å². The summed E-state index contributed by atoms with van der Waals surface area (Å²) >= 11 is 0. The van der Waals surface area contributed by atoms with Gasteiger partial charge in [-0.1, -0.05) is 6.08 Å². The Morgan fingerprint density at radius 3 is 2.50 bits per heavy atom. The van der Waals surface area contributed by atoms with Gasteiger partial charge in [-0.3, -0.25) is 14.5 Å². The smallest absolute Gasteiger partial charge is 0.410 e. The van der Waals surface area contributed by atoms with Crippen LogP contribution in [0.1, 0.15) is 47.0 Å². The number of carbonyl (C=O) groups excluding carboxylic acids is 3. The summed E-state index contributed by atoms with van der Waals surface area (Å²) in [7, 11) is 0. The van der Waals surface area contributed by atoms with Crippen LogP contribution < -0.4 is 0 Å². The normalized spacial score (nSPS) is 30.7. The molecule has 1 aliphatic carbocycles. The van der Waals surface area contributed by atoms with Gasteiger partial charge in [0.05, 0.1) is 30.7 Å². The Morgan fingerprint density at radius 1 is 1.35 bits per heavy atom. The Labute approximate surface area is 154 Å². The second-order valence-electron chi connectivity index (χ2n) is 8.10.